The minimum atomic E-state index is -2.14. The normalized spacial score (nSPS) is 17.1. The molecule has 3 nitrogen and oxygen atoms in total. The number of alkyl halides is 2. The van der Waals surface area contributed by atoms with Gasteiger partial charge in [0.2, 0.25) is 0 Å². The molecular weight excluding hydrogens is 192 g/mol. The number of rotatable bonds is 7. The Balaban J connectivity index is 3.91. The fraction of sp³-hybridized carbons (Fsp3) is 0.667. The van der Waals surface area contributed by atoms with E-state index in [2.05, 4.69) is 6.58 Å². The van der Waals surface area contributed by atoms with Crippen molar-refractivity contribution in [2.45, 2.75) is 37.6 Å². The number of aliphatic carboxylic acids is 1. The summed E-state index contributed by atoms with van der Waals surface area (Å²) in [7, 11) is 0. The third kappa shape index (κ3) is 4.32. The summed E-state index contributed by atoms with van der Waals surface area (Å²) in [4.78, 5) is 10.2. The summed E-state index contributed by atoms with van der Waals surface area (Å²) in [5, 5.41) is 8.33. The summed E-state index contributed by atoms with van der Waals surface area (Å²) in [6, 6.07) is -1.78. The van der Waals surface area contributed by atoms with Crippen molar-refractivity contribution in [3.63, 3.8) is 0 Å². The van der Waals surface area contributed by atoms with Crippen molar-refractivity contribution >= 4 is 5.97 Å². The number of carbonyl (C=O) groups is 1. The lowest BCUT2D eigenvalue weighted by Crippen LogP contribution is -2.44. The van der Waals surface area contributed by atoms with E-state index in [1.165, 1.54) is 0 Å². The van der Waals surface area contributed by atoms with Gasteiger partial charge >= 0.3 is 5.97 Å². The lowest BCUT2D eigenvalue weighted by Gasteiger charge is -2.16. The van der Waals surface area contributed by atoms with E-state index in [1.54, 1.807) is 6.08 Å². The van der Waals surface area contributed by atoms with Gasteiger partial charge in [-0.2, -0.15) is 0 Å². The Morgan fingerprint density at radius 1 is 1.57 bits per heavy atom. The first-order valence-electron chi connectivity index (χ1n) is 4.38. The lowest BCUT2D eigenvalue weighted by molar-refractivity contribution is -0.141. The van der Waals surface area contributed by atoms with Crippen LogP contribution in [0.5, 0.6) is 0 Å². The van der Waals surface area contributed by atoms with Crippen LogP contribution in [0.1, 0.15) is 19.3 Å². The van der Waals surface area contributed by atoms with Crippen molar-refractivity contribution in [1.82, 2.24) is 0 Å². The lowest BCUT2D eigenvalue weighted by atomic mass is 10.0. The molecule has 0 fully saturated rings. The van der Waals surface area contributed by atoms with Gasteiger partial charge in [0.1, 0.15) is 12.2 Å². The van der Waals surface area contributed by atoms with Gasteiger partial charge in [-0.15, -0.1) is 6.58 Å². The van der Waals surface area contributed by atoms with Crippen molar-refractivity contribution in [3.8, 4) is 0 Å². The molecule has 0 aromatic heterocycles. The summed E-state index contributed by atoms with van der Waals surface area (Å²) in [6.07, 6.45) is -1.38. The molecule has 0 heterocycles. The number of nitrogens with two attached hydrogens (primary N) is 1. The predicted molar refractivity (Wildman–Crippen MR) is 49.5 cm³/mol. The number of hydrogen-bond acceptors (Lipinski definition) is 2. The van der Waals surface area contributed by atoms with Crippen LogP contribution in [0.4, 0.5) is 8.78 Å². The summed E-state index contributed by atoms with van der Waals surface area (Å²) in [5.41, 5.74) is 4.93. The van der Waals surface area contributed by atoms with Crippen LogP contribution < -0.4 is 5.73 Å². The SMILES string of the molecule is C=CCCCC(F)C(F)C(N)C(=O)O. The van der Waals surface area contributed by atoms with E-state index in [9.17, 15) is 13.6 Å². The van der Waals surface area contributed by atoms with E-state index >= 15 is 0 Å². The van der Waals surface area contributed by atoms with Gasteiger partial charge in [-0.25, -0.2) is 8.78 Å². The van der Waals surface area contributed by atoms with E-state index in [0.717, 1.165) is 0 Å². The number of carboxylic acid groups (broad SMARTS) is 1. The topological polar surface area (TPSA) is 63.3 Å². The molecule has 0 aliphatic heterocycles. The average molecular weight is 207 g/mol. The highest BCUT2D eigenvalue weighted by molar-refractivity contribution is 5.74. The van der Waals surface area contributed by atoms with Crippen LogP contribution in [0.3, 0.4) is 0 Å². The van der Waals surface area contributed by atoms with Gasteiger partial charge in [0, 0.05) is 0 Å². The van der Waals surface area contributed by atoms with E-state index in [1.807, 2.05) is 0 Å². The molecular formula is C9H15F2NO2. The van der Waals surface area contributed by atoms with Gasteiger partial charge in [0.15, 0.2) is 6.17 Å². The summed E-state index contributed by atoms with van der Waals surface area (Å²) in [6.45, 7) is 3.43. The van der Waals surface area contributed by atoms with Gasteiger partial charge in [0.05, 0.1) is 0 Å². The zero-order chi connectivity index (χ0) is 11.1. The molecule has 3 unspecified atom stereocenters. The quantitative estimate of drug-likeness (QED) is 0.490. The van der Waals surface area contributed by atoms with Gasteiger partial charge in [-0.05, 0) is 19.3 Å². The highest BCUT2D eigenvalue weighted by Crippen LogP contribution is 2.14. The van der Waals surface area contributed by atoms with Crippen LogP contribution in [0, 0.1) is 0 Å². The fourth-order valence-corrected chi connectivity index (χ4v) is 0.978. The largest absolute Gasteiger partial charge is 0.480 e. The van der Waals surface area contributed by atoms with Crippen molar-refractivity contribution < 1.29 is 18.7 Å². The number of halogens is 2. The first-order chi connectivity index (χ1) is 6.50. The predicted octanol–water partition coefficient (Wildman–Crippen LogP) is 1.43. The molecule has 5 heteroatoms. The smallest absolute Gasteiger partial charge is 0.323 e. The summed E-state index contributed by atoms with van der Waals surface area (Å²) < 4.78 is 25.9. The van der Waals surface area contributed by atoms with Crippen LogP contribution in [0.15, 0.2) is 12.7 Å². The third-order valence-electron chi connectivity index (χ3n) is 1.86. The second-order valence-electron chi connectivity index (χ2n) is 3.04. The van der Waals surface area contributed by atoms with Crippen molar-refractivity contribution in [3.05, 3.63) is 12.7 Å². The van der Waals surface area contributed by atoms with Gasteiger partial charge in [-0.3, -0.25) is 4.79 Å². The number of allylic oxidation sites excluding steroid dienone is 1. The maximum absolute atomic E-state index is 13.0. The van der Waals surface area contributed by atoms with E-state index < -0.39 is 24.4 Å². The minimum absolute atomic E-state index is 0.0336. The first kappa shape index (κ1) is 13.0. The second kappa shape index (κ2) is 6.48. The molecule has 3 atom stereocenters. The monoisotopic (exact) mass is 207 g/mol. The number of unbranched alkanes of at least 4 members (excludes halogenated alkanes) is 1. The third-order valence-corrected chi connectivity index (χ3v) is 1.86. The number of hydrogen-bond donors (Lipinski definition) is 2. The van der Waals surface area contributed by atoms with Gasteiger partial charge in [-0.1, -0.05) is 6.08 Å². The maximum atomic E-state index is 13.0. The zero-order valence-electron chi connectivity index (χ0n) is 7.83. The Hall–Kier alpha value is -0.970. The molecule has 0 bridgehead atoms. The van der Waals surface area contributed by atoms with Crippen LogP contribution in [0.25, 0.3) is 0 Å². The molecule has 3 N–H and O–H groups in total. The molecule has 0 radical (unpaired) electrons. The molecule has 0 aliphatic carbocycles. The van der Waals surface area contributed by atoms with Crippen LogP contribution in [-0.4, -0.2) is 29.5 Å². The maximum Gasteiger partial charge on any atom is 0.323 e. The van der Waals surface area contributed by atoms with E-state index in [4.69, 9.17) is 10.8 Å². The molecule has 0 rings (SSSR count). The van der Waals surface area contributed by atoms with Crippen LogP contribution in [0.2, 0.25) is 0 Å². The Kier molecular flexibility index (Phi) is 6.03. The minimum Gasteiger partial charge on any atom is -0.480 e. The highest BCUT2D eigenvalue weighted by Gasteiger charge is 2.31. The highest BCUT2D eigenvalue weighted by atomic mass is 19.2. The van der Waals surface area contributed by atoms with Crippen LogP contribution >= 0.6 is 0 Å². The van der Waals surface area contributed by atoms with Crippen molar-refractivity contribution in [2.75, 3.05) is 0 Å². The molecule has 14 heavy (non-hydrogen) atoms. The van der Waals surface area contributed by atoms with Crippen molar-refractivity contribution in [2.24, 2.45) is 5.73 Å². The Bertz CT molecular complexity index is 199. The molecule has 0 spiro atoms. The fourth-order valence-electron chi connectivity index (χ4n) is 0.978. The molecule has 0 saturated carbocycles. The molecule has 0 aromatic rings. The molecule has 0 aliphatic rings. The zero-order valence-corrected chi connectivity index (χ0v) is 7.83. The molecule has 0 amide bonds. The van der Waals surface area contributed by atoms with E-state index in [0.29, 0.717) is 12.8 Å². The van der Waals surface area contributed by atoms with Crippen molar-refractivity contribution in [1.29, 1.82) is 0 Å². The number of carboxylic acids is 1. The Morgan fingerprint density at radius 2 is 2.14 bits per heavy atom. The first-order valence-corrected chi connectivity index (χ1v) is 4.38. The van der Waals surface area contributed by atoms with E-state index in [-0.39, 0.29) is 6.42 Å². The standard InChI is InChI=1S/C9H15F2NO2/c1-2-3-4-5-6(10)7(11)8(12)9(13)14/h2,6-8H,1,3-5,12H2,(H,13,14). The molecule has 82 valence electrons. The van der Waals surface area contributed by atoms with Gasteiger partial charge < -0.3 is 10.8 Å². The summed E-state index contributed by atoms with van der Waals surface area (Å²) >= 11 is 0. The van der Waals surface area contributed by atoms with Gasteiger partial charge in [0.25, 0.3) is 0 Å². The molecule has 0 saturated heterocycles. The Morgan fingerprint density at radius 3 is 2.57 bits per heavy atom. The Labute approximate surface area is 81.6 Å². The summed E-state index contributed by atoms with van der Waals surface area (Å²) in [5.74, 6) is -1.52. The second-order valence-corrected chi connectivity index (χ2v) is 3.04. The molecule has 0 aromatic carbocycles. The average Bonchev–Trinajstić information content (AvgIpc) is 2.15. The van der Waals surface area contributed by atoms with Crippen LogP contribution in [-0.2, 0) is 4.79 Å².